The van der Waals surface area contributed by atoms with Crippen LogP contribution in [0.4, 0.5) is 0 Å². The van der Waals surface area contributed by atoms with Crippen LogP contribution >= 0.6 is 0 Å². The SMILES string of the molecule is CCNC(=NCc1ccc(COC2CCOCC2)cc1)NCCn1cccc1. The van der Waals surface area contributed by atoms with Crippen LogP contribution in [-0.4, -0.2) is 42.9 Å². The van der Waals surface area contributed by atoms with Crippen LogP contribution in [0.25, 0.3) is 0 Å². The molecular formula is C22H32N4O2. The van der Waals surface area contributed by atoms with Crippen LogP contribution in [0.1, 0.15) is 30.9 Å². The smallest absolute Gasteiger partial charge is 0.191 e. The molecule has 0 aliphatic carbocycles. The van der Waals surface area contributed by atoms with E-state index in [4.69, 9.17) is 14.5 Å². The molecule has 0 saturated carbocycles. The van der Waals surface area contributed by atoms with Crippen molar-refractivity contribution >= 4 is 5.96 Å². The Labute approximate surface area is 168 Å². The molecule has 2 aromatic rings. The monoisotopic (exact) mass is 384 g/mol. The molecule has 2 heterocycles. The minimum absolute atomic E-state index is 0.332. The third kappa shape index (κ3) is 7.02. The second-order valence-electron chi connectivity index (χ2n) is 6.98. The van der Waals surface area contributed by atoms with E-state index in [1.807, 2.05) is 12.1 Å². The van der Waals surface area contributed by atoms with Crippen molar-refractivity contribution in [1.29, 1.82) is 0 Å². The molecule has 0 bridgehead atoms. The van der Waals surface area contributed by atoms with Crippen molar-refractivity contribution in [1.82, 2.24) is 15.2 Å². The second kappa shape index (κ2) is 11.5. The number of aromatic nitrogens is 1. The molecule has 0 spiro atoms. The standard InChI is InChI=1S/C22H32N4O2/c1-2-23-22(24-11-14-26-12-3-4-13-26)25-17-19-5-7-20(8-6-19)18-28-21-9-15-27-16-10-21/h3-8,12-13,21H,2,9-11,14-18H2,1H3,(H2,23,24,25). The highest BCUT2D eigenvalue weighted by Gasteiger charge is 2.13. The third-order valence-electron chi connectivity index (χ3n) is 4.77. The van der Waals surface area contributed by atoms with E-state index in [0.717, 1.165) is 51.6 Å². The van der Waals surface area contributed by atoms with Crippen molar-refractivity contribution in [2.45, 2.75) is 45.6 Å². The van der Waals surface area contributed by atoms with Crippen LogP contribution in [0.2, 0.25) is 0 Å². The lowest BCUT2D eigenvalue weighted by Crippen LogP contribution is -2.38. The molecule has 1 saturated heterocycles. The van der Waals surface area contributed by atoms with Gasteiger partial charge in [0.25, 0.3) is 0 Å². The van der Waals surface area contributed by atoms with Gasteiger partial charge in [-0.3, -0.25) is 0 Å². The summed E-state index contributed by atoms with van der Waals surface area (Å²) in [7, 11) is 0. The highest BCUT2D eigenvalue weighted by molar-refractivity contribution is 5.79. The first kappa shape index (κ1) is 20.4. The predicted octanol–water partition coefficient (Wildman–Crippen LogP) is 2.94. The van der Waals surface area contributed by atoms with Gasteiger partial charge in [-0.2, -0.15) is 0 Å². The zero-order valence-electron chi connectivity index (χ0n) is 16.8. The average molecular weight is 385 g/mol. The summed E-state index contributed by atoms with van der Waals surface area (Å²) in [6, 6.07) is 12.6. The van der Waals surface area contributed by atoms with Crippen molar-refractivity contribution in [2.24, 2.45) is 4.99 Å². The molecule has 1 aliphatic heterocycles. The Bertz CT molecular complexity index is 692. The average Bonchev–Trinajstić information content (AvgIpc) is 3.25. The lowest BCUT2D eigenvalue weighted by atomic mass is 10.1. The molecule has 1 aromatic carbocycles. The van der Waals surface area contributed by atoms with Crippen LogP contribution in [-0.2, 0) is 29.2 Å². The summed E-state index contributed by atoms with van der Waals surface area (Å²) in [5, 5.41) is 6.69. The Hall–Kier alpha value is -2.31. The Kier molecular flexibility index (Phi) is 8.40. The van der Waals surface area contributed by atoms with Gasteiger partial charge in [0, 0.05) is 45.2 Å². The van der Waals surface area contributed by atoms with E-state index in [1.165, 1.54) is 11.1 Å². The molecule has 1 aliphatic rings. The van der Waals surface area contributed by atoms with Gasteiger partial charge in [0.2, 0.25) is 0 Å². The molecule has 0 atom stereocenters. The molecule has 1 aromatic heterocycles. The second-order valence-corrected chi connectivity index (χ2v) is 6.98. The Morgan fingerprint density at radius 1 is 1.11 bits per heavy atom. The highest BCUT2D eigenvalue weighted by atomic mass is 16.5. The zero-order chi connectivity index (χ0) is 19.4. The number of guanidine groups is 1. The van der Waals surface area contributed by atoms with Gasteiger partial charge in [-0.25, -0.2) is 4.99 Å². The van der Waals surface area contributed by atoms with Crippen molar-refractivity contribution < 1.29 is 9.47 Å². The number of hydrogen-bond acceptors (Lipinski definition) is 3. The molecule has 2 N–H and O–H groups in total. The lowest BCUT2D eigenvalue weighted by molar-refractivity contribution is -0.0390. The van der Waals surface area contributed by atoms with E-state index in [1.54, 1.807) is 0 Å². The third-order valence-corrected chi connectivity index (χ3v) is 4.77. The van der Waals surface area contributed by atoms with E-state index in [9.17, 15) is 0 Å². The first-order valence-electron chi connectivity index (χ1n) is 10.2. The van der Waals surface area contributed by atoms with E-state index < -0.39 is 0 Å². The minimum Gasteiger partial charge on any atom is -0.381 e. The first-order chi connectivity index (χ1) is 13.8. The van der Waals surface area contributed by atoms with E-state index in [2.05, 4.69) is 58.8 Å². The molecule has 0 amide bonds. The molecule has 6 nitrogen and oxygen atoms in total. The van der Waals surface area contributed by atoms with Crippen molar-refractivity contribution in [2.75, 3.05) is 26.3 Å². The van der Waals surface area contributed by atoms with Gasteiger partial charge in [-0.1, -0.05) is 24.3 Å². The number of hydrogen-bond donors (Lipinski definition) is 2. The molecule has 6 heteroatoms. The highest BCUT2D eigenvalue weighted by Crippen LogP contribution is 2.14. The summed E-state index contributed by atoms with van der Waals surface area (Å²) in [5.74, 6) is 0.849. The molecule has 152 valence electrons. The maximum atomic E-state index is 5.98. The van der Waals surface area contributed by atoms with Crippen LogP contribution in [0, 0.1) is 0 Å². The van der Waals surface area contributed by atoms with Crippen molar-refractivity contribution in [3.63, 3.8) is 0 Å². The normalized spacial score (nSPS) is 15.5. The summed E-state index contributed by atoms with van der Waals surface area (Å²) >= 11 is 0. The fraction of sp³-hybridized carbons (Fsp3) is 0.500. The summed E-state index contributed by atoms with van der Waals surface area (Å²) < 4.78 is 13.5. The summed E-state index contributed by atoms with van der Waals surface area (Å²) in [6.45, 7) is 7.62. The topological polar surface area (TPSA) is 59.8 Å². The lowest BCUT2D eigenvalue weighted by Gasteiger charge is -2.22. The Morgan fingerprint density at radius 2 is 1.82 bits per heavy atom. The van der Waals surface area contributed by atoms with E-state index in [-0.39, 0.29) is 0 Å². The number of benzene rings is 1. The minimum atomic E-state index is 0.332. The zero-order valence-corrected chi connectivity index (χ0v) is 16.8. The van der Waals surface area contributed by atoms with Crippen LogP contribution in [0.15, 0.2) is 53.8 Å². The van der Waals surface area contributed by atoms with Crippen LogP contribution in [0.3, 0.4) is 0 Å². The van der Waals surface area contributed by atoms with Gasteiger partial charge in [0.15, 0.2) is 5.96 Å². The quantitative estimate of drug-likeness (QED) is 0.516. The van der Waals surface area contributed by atoms with Crippen molar-refractivity contribution in [3.05, 3.63) is 59.9 Å². The van der Waals surface area contributed by atoms with Crippen LogP contribution in [0.5, 0.6) is 0 Å². The Balaban J connectivity index is 1.43. The molecular weight excluding hydrogens is 352 g/mol. The number of rotatable bonds is 9. The summed E-state index contributed by atoms with van der Waals surface area (Å²) in [5.41, 5.74) is 2.40. The fourth-order valence-electron chi connectivity index (χ4n) is 3.13. The maximum Gasteiger partial charge on any atom is 0.191 e. The van der Waals surface area contributed by atoms with Gasteiger partial charge in [0.1, 0.15) is 0 Å². The molecule has 0 radical (unpaired) electrons. The van der Waals surface area contributed by atoms with Crippen molar-refractivity contribution in [3.8, 4) is 0 Å². The van der Waals surface area contributed by atoms with Gasteiger partial charge in [-0.15, -0.1) is 0 Å². The van der Waals surface area contributed by atoms with E-state index >= 15 is 0 Å². The fourth-order valence-corrected chi connectivity index (χ4v) is 3.13. The summed E-state index contributed by atoms with van der Waals surface area (Å²) in [4.78, 5) is 4.69. The number of aliphatic imine (C=N–C) groups is 1. The molecule has 28 heavy (non-hydrogen) atoms. The number of ether oxygens (including phenoxy) is 2. The molecule has 3 rings (SSSR count). The van der Waals surface area contributed by atoms with Gasteiger partial charge in [0.05, 0.1) is 19.3 Å². The van der Waals surface area contributed by atoms with E-state index in [0.29, 0.717) is 19.3 Å². The summed E-state index contributed by atoms with van der Waals surface area (Å²) in [6.07, 6.45) is 6.46. The number of nitrogens with zero attached hydrogens (tertiary/aromatic N) is 2. The Morgan fingerprint density at radius 3 is 2.54 bits per heavy atom. The van der Waals surface area contributed by atoms with Gasteiger partial charge >= 0.3 is 0 Å². The largest absolute Gasteiger partial charge is 0.381 e. The van der Waals surface area contributed by atoms with Gasteiger partial charge in [-0.05, 0) is 43.0 Å². The molecule has 0 unspecified atom stereocenters. The molecule has 1 fully saturated rings. The van der Waals surface area contributed by atoms with Crippen LogP contribution < -0.4 is 10.6 Å². The maximum absolute atomic E-state index is 5.98. The predicted molar refractivity (Wildman–Crippen MR) is 112 cm³/mol. The number of nitrogens with one attached hydrogen (secondary N) is 2. The first-order valence-corrected chi connectivity index (χ1v) is 10.2. The van der Waals surface area contributed by atoms with Gasteiger partial charge < -0.3 is 24.7 Å².